The molecule has 0 amide bonds. The van der Waals surface area contributed by atoms with Gasteiger partial charge < -0.3 is 20.1 Å². The van der Waals surface area contributed by atoms with Gasteiger partial charge in [0.1, 0.15) is 11.4 Å². The van der Waals surface area contributed by atoms with E-state index in [1.165, 1.54) is 0 Å². The Balaban J connectivity index is 1.45. The van der Waals surface area contributed by atoms with Gasteiger partial charge in [0.2, 0.25) is 5.95 Å². The molecule has 0 aliphatic carbocycles. The van der Waals surface area contributed by atoms with Gasteiger partial charge in [-0.05, 0) is 38.0 Å². The number of amidine groups is 1. The summed E-state index contributed by atoms with van der Waals surface area (Å²) in [5.74, 6) is 7.64. The van der Waals surface area contributed by atoms with Crippen LogP contribution in [-0.4, -0.2) is 46.1 Å². The predicted octanol–water partition coefficient (Wildman–Crippen LogP) is 4.00. The topological polar surface area (TPSA) is 84.7 Å². The quantitative estimate of drug-likeness (QED) is 0.424. The number of likely N-dealkylation sites (N-methyl/N-ethyl adjacent to an activating group) is 1. The van der Waals surface area contributed by atoms with Crippen LogP contribution in [0, 0.1) is 11.8 Å². The van der Waals surface area contributed by atoms with E-state index >= 15 is 0 Å². The van der Waals surface area contributed by atoms with Gasteiger partial charge in [-0.15, -0.1) is 5.92 Å². The molecule has 192 valence electrons. The van der Waals surface area contributed by atoms with Gasteiger partial charge in [-0.1, -0.05) is 42.3 Å². The number of imidazole rings is 1. The molecule has 38 heavy (non-hydrogen) atoms. The van der Waals surface area contributed by atoms with E-state index < -0.39 is 0 Å². The Bertz CT molecular complexity index is 1670. The van der Waals surface area contributed by atoms with Crippen LogP contribution >= 0.6 is 0 Å². The molecule has 0 saturated carbocycles. The zero-order valence-corrected chi connectivity index (χ0v) is 21.8. The molecule has 1 fully saturated rings. The minimum atomic E-state index is -0.109. The van der Waals surface area contributed by atoms with Crippen molar-refractivity contribution in [2.45, 2.75) is 38.9 Å². The van der Waals surface area contributed by atoms with E-state index in [1.807, 2.05) is 61.1 Å². The molecule has 8 heteroatoms. The first-order valence-electron chi connectivity index (χ1n) is 13.0. The predicted molar refractivity (Wildman–Crippen MR) is 154 cm³/mol. The molecule has 0 radical (unpaired) electrons. The van der Waals surface area contributed by atoms with Gasteiger partial charge in [-0.25, -0.2) is 9.98 Å². The minimum absolute atomic E-state index is 0.0977. The van der Waals surface area contributed by atoms with Crippen LogP contribution in [0.15, 0.2) is 70.6 Å². The third-order valence-corrected chi connectivity index (χ3v) is 7.41. The highest BCUT2D eigenvalue weighted by Crippen LogP contribution is 2.39. The maximum Gasteiger partial charge on any atom is 0.277 e. The van der Waals surface area contributed by atoms with E-state index in [1.54, 1.807) is 4.57 Å². The molecule has 8 nitrogen and oxygen atoms in total. The molecule has 2 aliphatic rings. The Kier molecular flexibility index (Phi) is 6.22. The second kappa shape index (κ2) is 9.84. The Morgan fingerprint density at radius 2 is 1.87 bits per heavy atom. The summed E-state index contributed by atoms with van der Waals surface area (Å²) in [7, 11) is 2.01. The van der Waals surface area contributed by atoms with E-state index in [0.29, 0.717) is 24.1 Å². The molecule has 4 heterocycles. The second-order valence-electron chi connectivity index (χ2n) is 9.88. The zero-order chi connectivity index (χ0) is 26.2. The summed E-state index contributed by atoms with van der Waals surface area (Å²) in [5, 5.41) is 0. The number of fused-ring (bicyclic) bond motifs is 4. The van der Waals surface area contributed by atoms with Crippen LogP contribution in [0.4, 0.5) is 17.3 Å². The maximum absolute atomic E-state index is 14.0. The summed E-state index contributed by atoms with van der Waals surface area (Å²) in [4.78, 5) is 28.1. The second-order valence-corrected chi connectivity index (χ2v) is 9.88. The highest BCUT2D eigenvalue weighted by molar-refractivity contribution is 6.06. The molecule has 4 aromatic rings. The van der Waals surface area contributed by atoms with Crippen LogP contribution in [0.1, 0.15) is 19.8 Å². The first-order chi connectivity index (χ1) is 18.5. The summed E-state index contributed by atoms with van der Waals surface area (Å²) < 4.78 is 3.67. The summed E-state index contributed by atoms with van der Waals surface area (Å²) in [6.07, 6.45) is 3.82. The Morgan fingerprint density at radius 1 is 1.08 bits per heavy atom. The average molecular weight is 506 g/mol. The molecule has 2 aromatic heterocycles. The molecule has 1 saturated heterocycles. The van der Waals surface area contributed by atoms with Crippen molar-refractivity contribution in [3.63, 3.8) is 0 Å². The lowest BCUT2D eigenvalue weighted by Gasteiger charge is -2.31. The largest absolute Gasteiger partial charge is 0.341 e. The molecule has 2 N–H and O–H groups in total. The Labute approximate surface area is 222 Å². The monoisotopic (exact) mass is 505 g/mol. The lowest BCUT2D eigenvalue weighted by Crippen LogP contribution is -2.44. The van der Waals surface area contributed by atoms with E-state index in [0.717, 1.165) is 60.2 Å². The fraction of sp³-hybridized carbons (Fsp3) is 0.300. The van der Waals surface area contributed by atoms with Gasteiger partial charge in [0.15, 0.2) is 0 Å². The molecule has 0 spiro atoms. The summed E-state index contributed by atoms with van der Waals surface area (Å²) in [6, 6.07) is 18.4. The maximum atomic E-state index is 14.0. The number of rotatable bonds is 4. The first kappa shape index (κ1) is 24.0. The number of nitrogens with zero attached hydrogens (tertiary/aromatic N) is 6. The van der Waals surface area contributed by atoms with Gasteiger partial charge in [0, 0.05) is 49.2 Å². The normalized spacial score (nSPS) is 16.8. The summed E-state index contributed by atoms with van der Waals surface area (Å²) in [6.45, 7) is 4.11. The number of pyridine rings is 1. The van der Waals surface area contributed by atoms with Gasteiger partial charge in [0.25, 0.3) is 5.56 Å². The summed E-state index contributed by atoms with van der Waals surface area (Å²) >= 11 is 0. The van der Waals surface area contributed by atoms with Gasteiger partial charge in [-0.2, -0.15) is 0 Å². The molecule has 1 unspecified atom stereocenters. The van der Waals surface area contributed by atoms with Gasteiger partial charge in [-0.3, -0.25) is 9.36 Å². The third-order valence-electron chi connectivity index (χ3n) is 7.41. The van der Waals surface area contributed by atoms with Crippen LogP contribution in [0.3, 0.4) is 0 Å². The number of para-hydroxylation sites is 2. The highest BCUT2D eigenvalue weighted by atomic mass is 16.1. The number of anilines is 2. The van der Waals surface area contributed by atoms with Crippen LogP contribution in [0.2, 0.25) is 0 Å². The number of aromatic nitrogens is 3. The lowest BCUT2D eigenvalue weighted by molar-refractivity contribution is 0.496. The number of hydrogen-bond acceptors (Lipinski definition) is 6. The van der Waals surface area contributed by atoms with Gasteiger partial charge >= 0.3 is 0 Å². The number of benzene rings is 2. The molecule has 6 rings (SSSR count). The van der Waals surface area contributed by atoms with Crippen molar-refractivity contribution in [1.29, 1.82) is 0 Å². The number of aliphatic imine (C=N–C) groups is 1. The Morgan fingerprint density at radius 3 is 2.68 bits per heavy atom. The van der Waals surface area contributed by atoms with E-state index in [9.17, 15) is 4.79 Å². The van der Waals surface area contributed by atoms with Crippen LogP contribution in [0.25, 0.3) is 22.2 Å². The van der Waals surface area contributed by atoms with Crippen molar-refractivity contribution in [3.8, 4) is 23.0 Å². The first-order valence-corrected chi connectivity index (χ1v) is 13.0. The molecule has 0 bridgehead atoms. The minimum Gasteiger partial charge on any atom is -0.341 e. The van der Waals surface area contributed by atoms with Crippen LogP contribution in [0.5, 0.6) is 0 Å². The highest BCUT2D eigenvalue weighted by Gasteiger charge is 2.25. The summed E-state index contributed by atoms with van der Waals surface area (Å²) in [5.41, 5.74) is 11.5. The van der Waals surface area contributed by atoms with Crippen molar-refractivity contribution < 1.29 is 0 Å². The fourth-order valence-corrected chi connectivity index (χ4v) is 5.47. The van der Waals surface area contributed by atoms with Crippen molar-refractivity contribution in [3.05, 3.63) is 71.1 Å². The molecular formula is C30H31N7O. The fourth-order valence-electron chi connectivity index (χ4n) is 5.47. The van der Waals surface area contributed by atoms with Crippen LogP contribution in [-0.2, 0) is 13.1 Å². The smallest absolute Gasteiger partial charge is 0.277 e. The van der Waals surface area contributed by atoms with Crippen molar-refractivity contribution in [1.82, 2.24) is 14.1 Å². The van der Waals surface area contributed by atoms with E-state index in [2.05, 4.69) is 39.8 Å². The molecule has 2 aromatic carbocycles. The SMILES string of the molecule is CC#CCn1c(N2CCCC(N)C2)nc2ccn(CC3=Nc4ccccc4-c4ccccc4N3C)c(=O)c21. The molecular weight excluding hydrogens is 474 g/mol. The van der Waals surface area contributed by atoms with Crippen molar-refractivity contribution in [2.24, 2.45) is 10.7 Å². The lowest BCUT2D eigenvalue weighted by atomic mass is 10.0. The average Bonchev–Trinajstić information content (AvgIpc) is 3.26. The van der Waals surface area contributed by atoms with E-state index in [4.69, 9.17) is 15.7 Å². The number of piperidine rings is 1. The number of hydrogen-bond donors (Lipinski definition) is 1. The Hall–Kier alpha value is -4.35. The third kappa shape index (κ3) is 4.15. The van der Waals surface area contributed by atoms with Gasteiger partial charge in [0.05, 0.1) is 24.3 Å². The zero-order valence-electron chi connectivity index (χ0n) is 21.8. The van der Waals surface area contributed by atoms with E-state index in [-0.39, 0.29) is 11.6 Å². The molecule has 2 aliphatic heterocycles. The van der Waals surface area contributed by atoms with Crippen molar-refractivity contribution in [2.75, 3.05) is 29.9 Å². The standard InChI is InChI=1S/C30H31N7O/c1-3-4-17-37-28-25(33-30(37)36-16-9-10-21(31)19-36)15-18-35(29(28)38)20-27-32-24-13-7-5-11-22(24)23-12-6-8-14-26(23)34(27)2/h5-8,11-15,18,21H,9-10,16-17,19-20,31H2,1-2H3. The number of nitrogens with two attached hydrogens (primary N) is 1. The van der Waals surface area contributed by atoms with Crippen LogP contribution < -0.4 is 21.1 Å². The molecule has 1 atom stereocenters. The van der Waals surface area contributed by atoms with Crippen molar-refractivity contribution >= 4 is 34.2 Å².